The van der Waals surface area contributed by atoms with E-state index in [1.54, 1.807) is 13.8 Å². The van der Waals surface area contributed by atoms with Crippen LogP contribution in [0.15, 0.2) is 4.90 Å². The Hall–Kier alpha value is -1.45. The Morgan fingerprint density at radius 2 is 2.15 bits per heavy atom. The van der Waals surface area contributed by atoms with E-state index in [0.29, 0.717) is 0 Å². The summed E-state index contributed by atoms with van der Waals surface area (Å²) in [5, 5.41) is 15.0. The highest BCUT2D eigenvalue weighted by atomic mass is 32.2. The normalized spacial score (nSPS) is 24.8. The quantitative estimate of drug-likeness (QED) is 0.825. The number of sulfonamides is 1. The van der Waals surface area contributed by atoms with Crippen molar-refractivity contribution < 1.29 is 23.1 Å². The van der Waals surface area contributed by atoms with Crippen molar-refractivity contribution in [2.24, 2.45) is 0 Å². The van der Waals surface area contributed by atoms with E-state index in [0.717, 1.165) is 0 Å². The molecule has 0 aromatic carbocycles. The van der Waals surface area contributed by atoms with Gasteiger partial charge in [0.2, 0.25) is 10.0 Å². The van der Waals surface area contributed by atoms with Crippen molar-refractivity contribution in [1.29, 1.82) is 0 Å². The predicted molar refractivity (Wildman–Crippen MR) is 69.1 cm³/mol. The first kappa shape index (κ1) is 14.9. The molecule has 0 radical (unpaired) electrons. The summed E-state index contributed by atoms with van der Waals surface area (Å²) < 4.78 is 32.1. The third-order valence-electron chi connectivity index (χ3n) is 3.21. The number of aromatic amines is 1. The lowest BCUT2D eigenvalue weighted by molar-refractivity contribution is -0.0170. The molecule has 20 heavy (non-hydrogen) atoms. The molecular formula is C11H17N3O5S. The van der Waals surface area contributed by atoms with Gasteiger partial charge in [-0.05, 0) is 20.8 Å². The third kappa shape index (κ3) is 2.43. The number of nitrogens with zero attached hydrogens (tertiary/aromatic N) is 2. The third-order valence-corrected chi connectivity index (χ3v) is 5.35. The van der Waals surface area contributed by atoms with Gasteiger partial charge in [-0.2, -0.15) is 9.40 Å². The van der Waals surface area contributed by atoms with Crippen molar-refractivity contribution in [1.82, 2.24) is 14.5 Å². The van der Waals surface area contributed by atoms with Crippen LogP contribution in [0.1, 0.15) is 30.0 Å². The molecule has 112 valence electrons. The van der Waals surface area contributed by atoms with Crippen molar-refractivity contribution in [2.45, 2.75) is 37.8 Å². The second-order valence-corrected chi connectivity index (χ2v) is 6.73. The molecule has 2 atom stereocenters. The van der Waals surface area contributed by atoms with E-state index in [1.807, 2.05) is 0 Å². The standard InChI is InChI=1S/C11H17N3O5S/c1-6-5-19-7(2)4-14(6)20(17,18)10-8(3)12-13-9(10)11(15)16/h6-7H,4-5H2,1-3H3,(H,12,13)(H,15,16). The van der Waals surface area contributed by atoms with Crippen molar-refractivity contribution in [3.8, 4) is 0 Å². The Kier molecular flexibility index (Phi) is 3.85. The molecule has 9 heteroatoms. The van der Waals surface area contributed by atoms with Crippen LogP contribution in [-0.4, -0.2) is 59.3 Å². The number of nitrogens with one attached hydrogen (secondary N) is 1. The molecule has 1 aliphatic heterocycles. The summed E-state index contributed by atoms with van der Waals surface area (Å²) in [7, 11) is -3.93. The summed E-state index contributed by atoms with van der Waals surface area (Å²) in [6.45, 7) is 5.45. The minimum atomic E-state index is -3.93. The van der Waals surface area contributed by atoms with E-state index < -0.39 is 21.7 Å². The molecule has 2 rings (SSSR count). The SMILES string of the molecule is Cc1[nH]nc(C(=O)O)c1S(=O)(=O)N1CC(C)OCC1C. The summed E-state index contributed by atoms with van der Waals surface area (Å²) in [5.74, 6) is -1.37. The number of carbonyl (C=O) groups is 1. The van der Waals surface area contributed by atoms with Crippen molar-refractivity contribution >= 4 is 16.0 Å². The van der Waals surface area contributed by atoms with Gasteiger partial charge in [-0.1, -0.05) is 0 Å². The molecule has 0 saturated carbocycles. The van der Waals surface area contributed by atoms with Crippen molar-refractivity contribution in [3.63, 3.8) is 0 Å². The first-order chi connectivity index (χ1) is 9.25. The maximum atomic E-state index is 12.7. The van der Waals surface area contributed by atoms with Crippen molar-refractivity contribution in [2.75, 3.05) is 13.2 Å². The number of aryl methyl sites for hydroxylation is 1. The smallest absolute Gasteiger partial charge is 0.357 e. The summed E-state index contributed by atoms with van der Waals surface area (Å²) in [4.78, 5) is 10.8. The molecule has 2 heterocycles. The molecule has 1 aromatic rings. The highest BCUT2D eigenvalue weighted by Crippen LogP contribution is 2.26. The van der Waals surface area contributed by atoms with E-state index in [4.69, 9.17) is 9.84 Å². The van der Waals surface area contributed by atoms with Gasteiger partial charge >= 0.3 is 5.97 Å². The molecule has 1 fully saturated rings. The van der Waals surface area contributed by atoms with E-state index in [9.17, 15) is 13.2 Å². The van der Waals surface area contributed by atoms with Crippen LogP contribution in [0, 0.1) is 6.92 Å². The van der Waals surface area contributed by atoms with Crippen molar-refractivity contribution in [3.05, 3.63) is 11.4 Å². The van der Waals surface area contributed by atoms with Crippen LogP contribution in [0.5, 0.6) is 0 Å². The Balaban J connectivity index is 2.50. The molecular weight excluding hydrogens is 286 g/mol. The Labute approximate surface area is 116 Å². The van der Waals surface area contributed by atoms with Gasteiger partial charge < -0.3 is 9.84 Å². The lowest BCUT2D eigenvalue weighted by atomic mass is 10.2. The van der Waals surface area contributed by atoms with Crippen LogP contribution in [0.2, 0.25) is 0 Å². The molecule has 1 aliphatic rings. The average molecular weight is 303 g/mol. The molecule has 2 unspecified atom stereocenters. The molecule has 1 saturated heterocycles. The fourth-order valence-corrected chi connectivity index (χ4v) is 4.19. The number of ether oxygens (including phenoxy) is 1. The summed E-state index contributed by atoms with van der Waals surface area (Å²) in [6.07, 6.45) is -0.235. The number of hydrogen-bond acceptors (Lipinski definition) is 5. The Bertz CT molecular complexity index is 624. The van der Waals surface area contributed by atoms with Crippen LogP contribution >= 0.6 is 0 Å². The molecule has 1 aromatic heterocycles. The van der Waals surface area contributed by atoms with E-state index in [1.165, 1.54) is 11.2 Å². The maximum absolute atomic E-state index is 12.7. The predicted octanol–water partition coefficient (Wildman–Crippen LogP) is 0.214. The zero-order valence-corrected chi connectivity index (χ0v) is 12.3. The first-order valence-electron chi connectivity index (χ1n) is 6.16. The fraction of sp³-hybridized carbons (Fsp3) is 0.636. The van der Waals surface area contributed by atoms with Crippen LogP contribution in [0.25, 0.3) is 0 Å². The van der Waals surface area contributed by atoms with Gasteiger partial charge in [0.15, 0.2) is 5.69 Å². The van der Waals surface area contributed by atoms with E-state index >= 15 is 0 Å². The number of H-pyrrole nitrogens is 1. The van der Waals surface area contributed by atoms with Crippen LogP contribution in [0.3, 0.4) is 0 Å². The second kappa shape index (κ2) is 5.15. The number of hydrogen-bond donors (Lipinski definition) is 2. The maximum Gasteiger partial charge on any atom is 0.357 e. The van der Waals surface area contributed by atoms with Gasteiger partial charge in [-0.25, -0.2) is 13.2 Å². The highest BCUT2D eigenvalue weighted by Gasteiger charge is 2.38. The monoisotopic (exact) mass is 303 g/mol. The number of aromatic nitrogens is 2. The van der Waals surface area contributed by atoms with Gasteiger partial charge in [-0.15, -0.1) is 0 Å². The lowest BCUT2D eigenvalue weighted by Crippen LogP contribution is -2.50. The van der Waals surface area contributed by atoms with Gasteiger partial charge in [0, 0.05) is 12.6 Å². The van der Waals surface area contributed by atoms with Crippen LogP contribution < -0.4 is 0 Å². The molecule has 0 spiro atoms. The number of carboxylic acid groups (broad SMARTS) is 1. The van der Waals surface area contributed by atoms with E-state index in [2.05, 4.69) is 10.2 Å². The minimum Gasteiger partial charge on any atom is -0.476 e. The van der Waals surface area contributed by atoms with Crippen LogP contribution in [-0.2, 0) is 14.8 Å². The highest BCUT2D eigenvalue weighted by molar-refractivity contribution is 7.89. The molecule has 8 nitrogen and oxygen atoms in total. The topological polar surface area (TPSA) is 113 Å². The minimum absolute atomic E-state index is 0.188. The number of rotatable bonds is 3. The Morgan fingerprint density at radius 1 is 1.50 bits per heavy atom. The largest absolute Gasteiger partial charge is 0.476 e. The first-order valence-corrected chi connectivity index (χ1v) is 7.61. The molecule has 0 bridgehead atoms. The van der Waals surface area contributed by atoms with Gasteiger partial charge in [-0.3, -0.25) is 5.10 Å². The molecule has 0 amide bonds. The van der Waals surface area contributed by atoms with Gasteiger partial charge in [0.05, 0.1) is 18.4 Å². The van der Waals surface area contributed by atoms with Gasteiger partial charge in [0.25, 0.3) is 0 Å². The zero-order valence-electron chi connectivity index (χ0n) is 11.5. The zero-order chi connectivity index (χ0) is 15.1. The molecule has 2 N–H and O–H groups in total. The lowest BCUT2D eigenvalue weighted by Gasteiger charge is -2.35. The number of carboxylic acids is 1. The second-order valence-electron chi connectivity index (χ2n) is 4.90. The molecule has 0 aliphatic carbocycles. The number of morpholine rings is 1. The fourth-order valence-electron chi connectivity index (χ4n) is 2.20. The van der Waals surface area contributed by atoms with Gasteiger partial charge in [0.1, 0.15) is 4.90 Å². The van der Waals surface area contributed by atoms with Crippen LogP contribution in [0.4, 0.5) is 0 Å². The average Bonchev–Trinajstić information content (AvgIpc) is 2.75. The summed E-state index contributed by atoms with van der Waals surface area (Å²) in [5.41, 5.74) is -0.261. The Morgan fingerprint density at radius 3 is 2.75 bits per heavy atom. The number of aromatic carboxylic acids is 1. The summed E-state index contributed by atoms with van der Waals surface area (Å²) >= 11 is 0. The summed E-state index contributed by atoms with van der Waals surface area (Å²) in [6, 6.07) is -0.354. The van der Waals surface area contributed by atoms with E-state index in [-0.39, 0.29) is 35.9 Å².